The molecule has 1 spiro atoms. The van der Waals surface area contributed by atoms with Gasteiger partial charge in [-0.05, 0) is 49.3 Å². The van der Waals surface area contributed by atoms with E-state index in [0.29, 0.717) is 12.6 Å². The number of hydrogen-bond donors (Lipinski definition) is 2. The third-order valence-corrected chi connectivity index (χ3v) is 7.01. The average Bonchev–Trinajstić information content (AvgIpc) is 3.42. The fourth-order valence-corrected chi connectivity index (χ4v) is 5.41. The first-order valence-corrected chi connectivity index (χ1v) is 11.2. The normalized spacial score (nSPS) is 26.1. The second kappa shape index (κ2) is 7.24. The number of anilines is 2. The second-order valence-corrected chi connectivity index (χ2v) is 9.05. The number of thiophene rings is 1. The topological polar surface area (TPSA) is 56.7 Å². The predicted octanol–water partition coefficient (Wildman–Crippen LogP) is 4.60. The van der Waals surface area contributed by atoms with Crippen molar-refractivity contribution in [2.45, 2.75) is 50.1 Å². The SMILES string of the molecule is O=C(c1cccs1)N1CCC[C@@]2(C1)Nc1ccccc1NC2=NC1CCCC1. The van der Waals surface area contributed by atoms with E-state index in [0.717, 1.165) is 41.5 Å². The van der Waals surface area contributed by atoms with E-state index in [1.807, 2.05) is 28.5 Å². The van der Waals surface area contributed by atoms with Crippen molar-refractivity contribution < 1.29 is 4.79 Å². The maximum Gasteiger partial charge on any atom is 0.264 e. The van der Waals surface area contributed by atoms with Gasteiger partial charge in [-0.3, -0.25) is 9.79 Å². The number of aliphatic imine (C=N–C) groups is 1. The van der Waals surface area contributed by atoms with Crippen molar-refractivity contribution in [1.82, 2.24) is 4.90 Å². The molecule has 1 saturated carbocycles. The van der Waals surface area contributed by atoms with Gasteiger partial charge in [0.15, 0.2) is 0 Å². The summed E-state index contributed by atoms with van der Waals surface area (Å²) in [5, 5.41) is 9.38. The summed E-state index contributed by atoms with van der Waals surface area (Å²) in [7, 11) is 0. The number of amides is 1. The zero-order valence-electron chi connectivity index (χ0n) is 16.0. The number of carbonyl (C=O) groups excluding carboxylic acids is 1. The molecule has 6 heteroatoms. The summed E-state index contributed by atoms with van der Waals surface area (Å²) < 4.78 is 0. The number of rotatable bonds is 2. The van der Waals surface area contributed by atoms with Gasteiger partial charge in [-0.15, -0.1) is 11.3 Å². The third kappa shape index (κ3) is 3.20. The molecule has 1 aromatic heterocycles. The number of carbonyl (C=O) groups is 1. The minimum absolute atomic E-state index is 0.134. The molecule has 146 valence electrons. The second-order valence-electron chi connectivity index (χ2n) is 8.10. The maximum absolute atomic E-state index is 13.0. The first-order chi connectivity index (χ1) is 13.7. The lowest BCUT2D eigenvalue weighted by molar-refractivity contribution is 0.0699. The van der Waals surface area contributed by atoms with Crippen molar-refractivity contribution >= 4 is 34.5 Å². The van der Waals surface area contributed by atoms with Crippen LogP contribution in [0.4, 0.5) is 11.4 Å². The molecule has 2 aromatic rings. The fraction of sp³-hybridized carbons (Fsp3) is 0.455. The highest BCUT2D eigenvalue weighted by Gasteiger charge is 2.45. The van der Waals surface area contributed by atoms with E-state index >= 15 is 0 Å². The summed E-state index contributed by atoms with van der Waals surface area (Å²) >= 11 is 1.52. The number of fused-ring (bicyclic) bond motifs is 1. The molecule has 0 radical (unpaired) electrons. The largest absolute Gasteiger partial charge is 0.370 e. The van der Waals surface area contributed by atoms with Crippen LogP contribution in [-0.2, 0) is 0 Å². The molecule has 1 atom stereocenters. The average molecular weight is 395 g/mol. The van der Waals surface area contributed by atoms with E-state index in [-0.39, 0.29) is 11.4 Å². The van der Waals surface area contributed by atoms with Crippen molar-refractivity contribution in [2.24, 2.45) is 4.99 Å². The molecule has 3 aliphatic rings. The summed E-state index contributed by atoms with van der Waals surface area (Å²) in [6, 6.07) is 12.6. The molecular formula is C22H26N4OS. The Labute approximate surface area is 169 Å². The Kier molecular flexibility index (Phi) is 4.59. The molecule has 1 aliphatic carbocycles. The van der Waals surface area contributed by atoms with Gasteiger partial charge in [0.05, 0.1) is 28.8 Å². The van der Waals surface area contributed by atoms with Gasteiger partial charge in [0.25, 0.3) is 5.91 Å². The lowest BCUT2D eigenvalue weighted by atomic mass is 9.85. The van der Waals surface area contributed by atoms with Gasteiger partial charge in [0.2, 0.25) is 0 Å². The van der Waals surface area contributed by atoms with Crippen LogP contribution in [-0.4, -0.2) is 41.3 Å². The first kappa shape index (κ1) is 17.7. The van der Waals surface area contributed by atoms with Crippen molar-refractivity contribution in [3.8, 4) is 0 Å². The third-order valence-electron chi connectivity index (χ3n) is 6.16. The Balaban J connectivity index is 1.49. The van der Waals surface area contributed by atoms with E-state index < -0.39 is 0 Å². The zero-order valence-corrected chi connectivity index (χ0v) is 16.8. The van der Waals surface area contributed by atoms with Crippen molar-refractivity contribution in [2.75, 3.05) is 23.7 Å². The number of piperidine rings is 1. The molecule has 0 unspecified atom stereocenters. The van der Waals surface area contributed by atoms with Crippen molar-refractivity contribution in [1.29, 1.82) is 0 Å². The molecule has 2 N–H and O–H groups in total. The highest BCUT2D eigenvalue weighted by Crippen LogP contribution is 2.37. The minimum atomic E-state index is -0.331. The molecule has 0 bridgehead atoms. The summed E-state index contributed by atoms with van der Waals surface area (Å²) in [5.74, 6) is 1.15. The van der Waals surface area contributed by atoms with Crippen LogP contribution in [0.15, 0.2) is 46.8 Å². The fourth-order valence-electron chi connectivity index (χ4n) is 4.72. The maximum atomic E-state index is 13.0. The van der Waals surface area contributed by atoms with Gasteiger partial charge in [-0.1, -0.05) is 31.0 Å². The Bertz CT molecular complexity index is 888. The predicted molar refractivity (Wildman–Crippen MR) is 116 cm³/mol. The Morgan fingerprint density at radius 1 is 1.11 bits per heavy atom. The van der Waals surface area contributed by atoms with Gasteiger partial charge >= 0.3 is 0 Å². The van der Waals surface area contributed by atoms with Crippen molar-refractivity contribution in [3.05, 3.63) is 46.7 Å². The highest BCUT2D eigenvalue weighted by molar-refractivity contribution is 7.12. The lowest BCUT2D eigenvalue weighted by Gasteiger charge is -2.47. The number of amidine groups is 1. The Morgan fingerprint density at radius 3 is 2.71 bits per heavy atom. The summed E-state index contributed by atoms with van der Waals surface area (Å²) in [6.45, 7) is 1.45. The van der Waals surface area contributed by atoms with Gasteiger partial charge < -0.3 is 15.5 Å². The smallest absolute Gasteiger partial charge is 0.264 e. The first-order valence-electron chi connectivity index (χ1n) is 10.3. The highest BCUT2D eigenvalue weighted by atomic mass is 32.1. The number of nitrogens with zero attached hydrogens (tertiary/aromatic N) is 2. The van der Waals surface area contributed by atoms with E-state index in [1.165, 1.54) is 37.0 Å². The Hall–Kier alpha value is -2.34. The quantitative estimate of drug-likeness (QED) is 0.783. The number of hydrogen-bond acceptors (Lipinski definition) is 4. The number of benzene rings is 1. The molecule has 1 aromatic carbocycles. The van der Waals surface area contributed by atoms with Crippen LogP contribution in [0.5, 0.6) is 0 Å². The molecule has 2 fully saturated rings. The van der Waals surface area contributed by atoms with Gasteiger partial charge in [0, 0.05) is 6.54 Å². The summed E-state index contributed by atoms with van der Waals surface area (Å²) in [6.07, 6.45) is 6.82. The van der Waals surface area contributed by atoms with Gasteiger partial charge in [-0.25, -0.2) is 0 Å². The standard InChI is InChI=1S/C22H26N4OS/c27-20(19-11-5-14-28-19)26-13-6-12-22(15-26)21(23-16-7-1-2-8-16)24-17-9-3-4-10-18(17)25-22/h3-5,9-11,14,16,25H,1-2,6-8,12-13,15H2,(H,23,24)/t22-/m0/s1. The molecule has 1 saturated heterocycles. The Morgan fingerprint density at radius 2 is 1.93 bits per heavy atom. The minimum Gasteiger partial charge on any atom is -0.370 e. The van der Waals surface area contributed by atoms with Crippen LogP contribution in [0.1, 0.15) is 48.2 Å². The zero-order chi connectivity index (χ0) is 19.0. The van der Waals surface area contributed by atoms with Gasteiger partial charge in [-0.2, -0.15) is 0 Å². The van der Waals surface area contributed by atoms with E-state index in [2.05, 4.69) is 28.8 Å². The molecule has 28 heavy (non-hydrogen) atoms. The summed E-state index contributed by atoms with van der Waals surface area (Å²) in [5.41, 5.74) is 1.84. The van der Waals surface area contributed by atoms with Crippen LogP contribution >= 0.6 is 11.3 Å². The van der Waals surface area contributed by atoms with Crippen LogP contribution < -0.4 is 10.6 Å². The van der Waals surface area contributed by atoms with Crippen LogP contribution in [0.3, 0.4) is 0 Å². The monoisotopic (exact) mass is 394 g/mol. The van der Waals surface area contributed by atoms with Crippen LogP contribution in [0.25, 0.3) is 0 Å². The van der Waals surface area contributed by atoms with Crippen molar-refractivity contribution in [3.63, 3.8) is 0 Å². The number of likely N-dealkylation sites (tertiary alicyclic amines) is 1. The van der Waals surface area contributed by atoms with E-state index in [1.54, 1.807) is 0 Å². The summed E-state index contributed by atoms with van der Waals surface area (Å²) in [4.78, 5) is 21.0. The molecule has 5 rings (SSSR count). The van der Waals surface area contributed by atoms with Crippen LogP contribution in [0.2, 0.25) is 0 Å². The number of nitrogens with one attached hydrogen (secondary N) is 2. The molecule has 3 heterocycles. The van der Waals surface area contributed by atoms with Gasteiger partial charge in [0.1, 0.15) is 11.4 Å². The molecule has 2 aliphatic heterocycles. The molecule has 1 amide bonds. The number of para-hydroxylation sites is 2. The lowest BCUT2D eigenvalue weighted by Crippen LogP contribution is -2.62. The van der Waals surface area contributed by atoms with E-state index in [4.69, 9.17) is 4.99 Å². The van der Waals surface area contributed by atoms with E-state index in [9.17, 15) is 4.79 Å². The molecular weight excluding hydrogens is 368 g/mol. The van der Waals surface area contributed by atoms with Crippen LogP contribution in [0, 0.1) is 0 Å². The molecule has 5 nitrogen and oxygen atoms in total.